The minimum absolute atomic E-state index is 0.0364. The summed E-state index contributed by atoms with van der Waals surface area (Å²) in [6.45, 7) is 4.30. The molecule has 0 bridgehead atoms. The van der Waals surface area contributed by atoms with E-state index in [4.69, 9.17) is 0 Å². The standard InChI is InChI=1S/C16H18F2N4O/c1-3-4-7-19-15(23)14-8-10(2)20-16(22-14)21-13-6-5-11(17)9-12(13)18/h5-6,8-9H,3-4,7H2,1-2H3,(H,19,23)(H,20,21,22). The van der Waals surface area contributed by atoms with E-state index in [2.05, 4.69) is 20.6 Å². The van der Waals surface area contributed by atoms with E-state index in [9.17, 15) is 13.6 Å². The molecule has 2 N–H and O–H groups in total. The van der Waals surface area contributed by atoms with Crippen molar-refractivity contribution >= 4 is 17.5 Å². The fourth-order valence-electron chi connectivity index (χ4n) is 1.92. The predicted molar refractivity (Wildman–Crippen MR) is 83.7 cm³/mol. The van der Waals surface area contributed by atoms with Gasteiger partial charge >= 0.3 is 0 Å². The van der Waals surface area contributed by atoms with E-state index >= 15 is 0 Å². The molecule has 0 aliphatic carbocycles. The van der Waals surface area contributed by atoms with Gasteiger partial charge in [-0.15, -0.1) is 0 Å². The van der Waals surface area contributed by atoms with Gasteiger partial charge in [0.25, 0.3) is 5.91 Å². The highest BCUT2D eigenvalue weighted by Gasteiger charge is 2.11. The van der Waals surface area contributed by atoms with Crippen molar-refractivity contribution in [2.24, 2.45) is 0 Å². The lowest BCUT2D eigenvalue weighted by molar-refractivity contribution is 0.0948. The highest BCUT2D eigenvalue weighted by Crippen LogP contribution is 2.19. The van der Waals surface area contributed by atoms with Crippen molar-refractivity contribution in [3.05, 3.63) is 47.3 Å². The average Bonchev–Trinajstić information content (AvgIpc) is 2.50. The number of hydrogen-bond acceptors (Lipinski definition) is 4. The van der Waals surface area contributed by atoms with Crippen LogP contribution in [-0.4, -0.2) is 22.4 Å². The van der Waals surface area contributed by atoms with Crippen molar-refractivity contribution in [1.82, 2.24) is 15.3 Å². The Bertz CT molecular complexity index is 706. The maximum absolute atomic E-state index is 13.7. The number of nitrogens with zero attached hydrogens (tertiary/aromatic N) is 2. The maximum atomic E-state index is 13.7. The third-order valence-corrected chi connectivity index (χ3v) is 3.08. The van der Waals surface area contributed by atoms with E-state index in [1.807, 2.05) is 6.92 Å². The Labute approximate surface area is 133 Å². The molecule has 5 nitrogen and oxygen atoms in total. The normalized spacial score (nSPS) is 10.4. The van der Waals surface area contributed by atoms with Gasteiger partial charge in [0.15, 0.2) is 0 Å². The van der Waals surface area contributed by atoms with E-state index in [0.29, 0.717) is 12.2 Å². The maximum Gasteiger partial charge on any atom is 0.270 e. The van der Waals surface area contributed by atoms with Gasteiger partial charge in [0.1, 0.15) is 17.3 Å². The van der Waals surface area contributed by atoms with Crippen LogP contribution in [0.25, 0.3) is 0 Å². The Hall–Kier alpha value is -2.57. The van der Waals surface area contributed by atoms with Gasteiger partial charge in [-0.3, -0.25) is 4.79 Å². The molecule has 7 heteroatoms. The minimum atomic E-state index is -0.760. The SMILES string of the molecule is CCCCNC(=O)c1cc(C)nc(Nc2ccc(F)cc2F)n1. The molecule has 0 saturated heterocycles. The molecule has 2 aromatic rings. The predicted octanol–water partition coefficient (Wildman–Crippen LogP) is 3.34. The largest absolute Gasteiger partial charge is 0.351 e. The second-order valence-electron chi connectivity index (χ2n) is 5.08. The van der Waals surface area contributed by atoms with Crippen molar-refractivity contribution in [3.63, 3.8) is 0 Å². The molecule has 1 aromatic heterocycles. The molecule has 1 amide bonds. The van der Waals surface area contributed by atoms with Crippen LogP contribution in [0, 0.1) is 18.6 Å². The number of carbonyl (C=O) groups is 1. The number of aryl methyl sites for hydroxylation is 1. The molecule has 1 heterocycles. The van der Waals surface area contributed by atoms with Gasteiger partial charge < -0.3 is 10.6 Å². The van der Waals surface area contributed by atoms with E-state index in [-0.39, 0.29) is 23.2 Å². The zero-order chi connectivity index (χ0) is 16.8. The molecular weight excluding hydrogens is 302 g/mol. The number of nitrogens with one attached hydrogen (secondary N) is 2. The molecule has 122 valence electrons. The molecule has 0 fully saturated rings. The van der Waals surface area contributed by atoms with Crippen LogP contribution in [0.3, 0.4) is 0 Å². The zero-order valence-corrected chi connectivity index (χ0v) is 13.0. The van der Waals surface area contributed by atoms with Gasteiger partial charge in [0.05, 0.1) is 5.69 Å². The summed E-state index contributed by atoms with van der Waals surface area (Å²) in [6, 6.07) is 4.68. The number of benzene rings is 1. The highest BCUT2D eigenvalue weighted by molar-refractivity contribution is 5.92. The number of amides is 1. The lowest BCUT2D eigenvalue weighted by atomic mass is 10.3. The van der Waals surface area contributed by atoms with E-state index in [0.717, 1.165) is 25.0 Å². The van der Waals surface area contributed by atoms with Crippen LogP contribution >= 0.6 is 0 Å². The first-order valence-corrected chi connectivity index (χ1v) is 7.35. The Kier molecular flexibility index (Phi) is 5.56. The van der Waals surface area contributed by atoms with Crippen molar-refractivity contribution in [2.45, 2.75) is 26.7 Å². The van der Waals surface area contributed by atoms with Crippen LogP contribution in [0.15, 0.2) is 24.3 Å². The van der Waals surface area contributed by atoms with Crippen molar-refractivity contribution in [2.75, 3.05) is 11.9 Å². The van der Waals surface area contributed by atoms with Crippen LogP contribution in [0.2, 0.25) is 0 Å². The fourth-order valence-corrected chi connectivity index (χ4v) is 1.92. The first-order valence-electron chi connectivity index (χ1n) is 7.35. The van der Waals surface area contributed by atoms with Gasteiger partial charge in [-0.2, -0.15) is 0 Å². The van der Waals surface area contributed by atoms with Gasteiger partial charge in [-0.25, -0.2) is 18.7 Å². The van der Waals surface area contributed by atoms with Gasteiger partial charge in [0.2, 0.25) is 5.95 Å². The van der Waals surface area contributed by atoms with E-state index < -0.39 is 11.6 Å². The van der Waals surface area contributed by atoms with Crippen LogP contribution < -0.4 is 10.6 Å². The summed E-state index contributed by atoms with van der Waals surface area (Å²) in [6.07, 6.45) is 1.85. The molecule has 0 radical (unpaired) electrons. The van der Waals surface area contributed by atoms with Crippen LogP contribution in [-0.2, 0) is 0 Å². The molecule has 0 unspecified atom stereocenters. The summed E-state index contributed by atoms with van der Waals surface area (Å²) in [5.74, 6) is -1.67. The summed E-state index contributed by atoms with van der Waals surface area (Å²) in [7, 11) is 0. The number of hydrogen-bond donors (Lipinski definition) is 2. The van der Waals surface area contributed by atoms with Crippen LogP contribution in [0.4, 0.5) is 20.4 Å². The van der Waals surface area contributed by atoms with Crippen molar-refractivity contribution in [3.8, 4) is 0 Å². The summed E-state index contributed by atoms with van der Waals surface area (Å²) in [4.78, 5) is 20.2. The molecule has 0 atom stereocenters. The Morgan fingerprint density at radius 2 is 2.00 bits per heavy atom. The highest BCUT2D eigenvalue weighted by atomic mass is 19.1. The Balaban J connectivity index is 2.18. The second kappa shape index (κ2) is 7.62. The lowest BCUT2D eigenvalue weighted by Gasteiger charge is -2.09. The van der Waals surface area contributed by atoms with Gasteiger partial charge in [0, 0.05) is 18.3 Å². The Morgan fingerprint density at radius 1 is 1.22 bits per heavy atom. The second-order valence-corrected chi connectivity index (χ2v) is 5.08. The number of aromatic nitrogens is 2. The smallest absolute Gasteiger partial charge is 0.270 e. The summed E-state index contributed by atoms with van der Waals surface area (Å²) in [5.41, 5.74) is 0.790. The quantitative estimate of drug-likeness (QED) is 0.801. The third-order valence-electron chi connectivity index (χ3n) is 3.08. The fraction of sp³-hybridized carbons (Fsp3) is 0.312. The van der Waals surface area contributed by atoms with Gasteiger partial charge in [-0.05, 0) is 31.5 Å². The number of unbranched alkanes of at least 4 members (excludes halogenated alkanes) is 1. The van der Waals surface area contributed by atoms with Crippen LogP contribution in [0.1, 0.15) is 35.9 Å². The summed E-state index contributed by atoms with van der Waals surface area (Å²) in [5, 5.41) is 5.42. The molecule has 0 aliphatic heterocycles. The third kappa shape index (κ3) is 4.70. The van der Waals surface area contributed by atoms with Crippen LogP contribution in [0.5, 0.6) is 0 Å². The van der Waals surface area contributed by atoms with Gasteiger partial charge in [-0.1, -0.05) is 13.3 Å². The van der Waals surface area contributed by atoms with Crippen molar-refractivity contribution < 1.29 is 13.6 Å². The average molecular weight is 320 g/mol. The monoisotopic (exact) mass is 320 g/mol. The molecule has 0 spiro atoms. The lowest BCUT2D eigenvalue weighted by Crippen LogP contribution is -2.25. The number of rotatable bonds is 6. The number of anilines is 2. The van der Waals surface area contributed by atoms with E-state index in [1.165, 1.54) is 6.07 Å². The van der Waals surface area contributed by atoms with Crippen molar-refractivity contribution in [1.29, 1.82) is 0 Å². The first-order chi connectivity index (χ1) is 11.0. The first kappa shape index (κ1) is 16.8. The molecule has 0 aliphatic rings. The topological polar surface area (TPSA) is 66.9 Å². The number of halogens is 2. The summed E-state index contributed by atoms with van der Waals surface area (Å²) >= 11 is 0. The minimum Gasteiger partial charge on any atom is -0.351 e. The molecular formula is C16H18F2N4O. The molecule has 23 heavy (non-hydrogen) atoms. The molecule has 0 saturated carbocycles. The zero-order valence-electron chi connectivity index (χ0n) is 13.0. The number of carbonyl (C=O) groups excluding carboxylic acids is 1. The Morgan fingerprint density at radius 3 is 2.70 bits per heavy atom. The molecule has 2 rings (SSSR count). The van der Waals surface area contributed by atoms with E-state index in [1.54, 1.807) is 13.0 Å². The molecule has 1 aromatic carbocycles. The summed E-state index contributed by atoms with van der Waals surface area (Å²) < 4.78 is 26.6.